The summed E-state index contributed by atoms with van der Waals surface area (Å²) < 4.78 is 24.9. The molecule has 2 aromatic carbocycles. The molecule has 142 valence electrons. The van der Waals surface area contributed by atoms with Crippen molar-refractivity contribution in [3.8, 4) is 0 Å². The summed E-state index contributed by atoms with van der Waals surface area (Å²) in [5.74, 6) is 0.107. The van der Waals surface area contributed by atoms with Gasteiger partial charge in [0.05, 0.1) is 24.1 Å². The van der Waals surface area contributed by atoms with Gasteiger partial charge in [0.15, 0.2) is 9.84 Å². The van der Waals surface area contributed by atoms with E-state index in [1.165, 1.54) is 0 Å². The highest BCUT2D eigenvalue weighted by Gasteiger charge is 2.49. The number of carbonyl (C=O) groups excluding carboxylic acids is 1. The van der Waals surface area contributed by atoms with E-state index in [0.29, 0.717) is 6.54 Å². The Kier molecular flexibility index (Phi) is 4.56. The van der Waals surface area contributed by atoms with Crippen molar-refractivity contribution in [1.82, 2.24) is 4.90 Å². The number of amides is 1. The third-order valence-electron chi connectivity index (χ3n) is 5.41. The number of sulfone groups is 1. The molecule has 2 heterocycles. The molecule has 1 amide bonds. The normalized spacial score (nSPS) is 24.8. The maximum absolute atomic E-state index is 13.1. The van der Waals surface area contributed by atoms with Gasteiger partial charge in [-0.25, -0.2) is 8.42 Å². The number of hydrogen-bond donors (Lipinski definition) is 0. The lowest BCUT2D eigenvalue weighted by Gasteiger charge is -2.43. The van der Waals surface area contributed by atoms with Crippen LogP contribution in [0.4, 0.5) is 5.69 Å². The van der Waals surface area contributed by atoms with Crippen LogP contribution in [0.1, 0.15) is 16.7 Å². The Labute approximate surface area is 160 Å². The van der Waals surface area contributed by atoms with Crippen molar-refractivity contribution in [3.63, 3.8) is 0 Å². The minimum atomic E-state index is -3.17. The van der Waals surface area contributed by atoms with Crippen molar-refractivity contribution >= 4 is 21.4 Å². The molecule has 2 aromatic rings. The minimum absolute atomic E-state index is 0.0295. The molecular weight excluding hydrogens is 360 g/mol. The number of aryl methyl sites for hydroxylation is 2. The second kappa shape index (κ2) is 6.77. The van der Waals surface area contributed by atoms with E-state index in [-0.39, 0.29) is 36.0 Å². The maximum atomic E-state index is 13.1. The van der Waals surface area contributed by atoms with Gasteiger partial charge in [-0.1, -0.05) is 36.4 Å². The molecule has 2 aliphatic rings. The zero-order valence-electron chi connectivity index (χ0n) is 15.6. The van der Waals surface area contributed by atoms with Crippen LogP contribution < -0.4 is 4.90 Å². The molecule has 27 heavy (non-hydrogen) atoms. The zero-order valence-corrected chi connectivity index (χ0v) is 16.4. The van der Waals surface area contributed by atoms with Crippen molar-refractivity contribution in [2.45, 2.75) is 32.5 Å². The Hall–Kier alpha value is -2.18. The van der Waals surface area contributed by atoms with Gasteiger partial charge in [0, 0.05) is 18.3 Å². The second-order valence-corrected chi connectivity index (χ2v) is 9.87. The molecule has 2 saturated heterocycles. The van der Waals surface area contributed by atoms with Crippen LogP contribution in [-0.4, -0.2) is 49.4 Å². The predicted octanol–water partition coefficient (Wildman–Crippen LogP) is 2.32. The summed E-state index contributed by atoms with van der Waals surface area (Å²) in [6.45, 7) is 4.81. The SMILES string of the molecule is Cc1cc(C)cc(N2C(=O)CN(Cc3ccccc3)[C@H]3CS(=O)(=O)C[C@H]32)c1. The zero-order chi connectivity index (χ0) is 19.2. The Morgan fingerprint density at radius 3 is 2.26 bits per heavy atom. The van der Waals surface area contributed by atoms with Crippen molar-refractivity contribution in [3.05, 3.63) is 65.2 Å². The van der Waals surface area contributed by atoms with E-state index >= 15 is 0 Å². The number of benzene rings is 2. The van der Waals surface area contributed by atoms with E-state index in [2.05, 4.69) is 6.07 Å². The number of fused-ring (bicyclic) bond motifs is 1. The third kappa shape index (κ3) is 3.64. The van der Waals surface area contributed by atoms with Crippen LogP contribution in [-0.2, 0) is 21.2 Å². The highest BCUT2D eigenvalue weighted by atomic mass is 32.2. The first-order valence-corrected chi connectivity index (χ1v) is 11.0. The van der Waals surface area contributed by atoms with Crippen molar-refractivity contribution in [2.24, 2.45) is 0 Å². The van der Waals surface area contributed by atoms with E-state index < -0.39 is 9.84 Å². The molecule has 0 unspecified atom stereocenters. The highest BCUT2D eigenvalue weighted by molar-refractivity contribution is 7.91. The van der Waals surface area contributed by atoms with Gasteiger partial charge in [0.1, 0.15) is 0 Å². The predicted molar refractivity (Wildman–Crippen MR) is 106 cm³/mol. The number of carbonyl (C=O) groups is 1. The first-order valence-electron chi connectivity index (χ1n) is 9.21. The summed E-state index contributed by atoms with van der Waals surface area (Å²) in [6.07, 6.45) is 0. The molecule has 4 rings (SSSR count). The minimum Gasteiger partial charge on any atom is -0.306 e. The van der Waals surface area contributed by atoms with E-state index in [9.17, 15) is 13.2 Å². The topological polar surface area (TPSA) is 57.7 Å². The summed E-state index contributed by atoms with van der Waals surface area (Å²) >= 11 is 0. The highest BCUT2D eigenvalue weighted by Crippen LogP contribution is 2.33. The lowest BCUT2D eigenvalue weighted by molar-refractivity contribution is -0.123. The molecule has 0 spiro atoms. The van der Waals surface area contributed by atoms with Gasteiger partial charge in [-0.05, 0) is 42.7 Å². The summed E-state index contributed by atoms with van der Waals surface area (Å²) in [5.41, 5.74) is 4.04. The van der Waals surface area contributed by atoms with Gasteiger partial charge < -0.3 is 4.90 Å². The fourth-order valence-electron chi connectivity index (χ4n) is 4.37. The van der Waals surface area contributed by atoms with Crippen molar-refractivity contribution in [1.29, 1.82) is 0 Å². The molecule has 0 aromatic heterocycles. The Morgan fingerprint density at radius 1 is 0.963 bits per heavy atom. The van der Waals surface area contributed by atoms with Crippen LogP contribution in [0.3, 0.4) is 0 Å². The van der Waals surface area contributed by atoms with Gasteiger partial charge in [-0.2, -0.15) is 0 Å². The molecule has 2 atom stereocenters. The molecule has 0 N–H and O–H groups in total. The molecule has 2 fully saturated rings. The first kappa shape index (κ1) is 18.2. The van der Waals surface area contributed by atoms with Crippen LogP contribution in [0.25, 0.3) is 0 Å². The van der Waals surface area contributed by atoms with Gasteiger partial charge in [-0.15, -0.1) is 0 Å². The summed E-state index contributed by atoms with van der Waals surface area (Å²) in [6, 6.07) is 15.4. The number of nitrogens with zero attached hydrogens (tertiary/aromatic N) is 2. The smallest absolute Gasteiger partial charge is 0.241 e. The summed E-state index contributed by atoms with van der Waals surface area (Å²) in [4.78, 5) is 16.8. The summed E-state index contributed by atoms with van der Waals surface area (Å²) in [7, 11) is -3.17. The molecule has 0 radical (unpaired) electrons. The largest absolute Gasteiger partial charge is 0.306 e. The average Bonchev–Trinajstić information content (AvgIpc) is 2.90. The van der Waals surface area contributed by atoms with Gasteiger partial charge in [0.25, 0.3) is 0 Å². The first-order chi connectivity index (χ1) is 12.8. The Morgan fingerprint density at radius 2 is 1.59 bits per heavy atom. The fourth-order valence-corrected chi connectivity index (χ4v) is 6.36. The molecule has 6 heteroatoms. The Bertz CT molecular complexity index is 952. The molecule has 5 nitrogen and oxygen atoms in total. The van der Waals surface area contributed by atoms with Gasteiger partial charge in [0.2, 0.25) is 5.91 Å². The molecular formula is C21H24N2O3S. The molecule has 0 aliphatic carbocycles. The van der Waals surface area contributed by atoms with Crippen molar-refractivity contribution < 1.29 is 13.2 Å². The fraction of sp³-hybridized carbons (Fsp3) is 0.381. The lowest BCUT2D eigenvalue weighted by atomic mass is 10.0. The third-order valence-corrected chi connectivity index (χ3v) is 7.11. The van der Waals surface area contributed by atoms with Gasteiger partial charge >= 0.3 is 0 Å². The van der Waals surface area contributed by atoms with Crippen LogP contribution >= 0.6 is 0 Å². The van der Waals surface area contributed by atoms with Crippen LogP contribution in [0, 0.1) is 13.8 Å². The van der Waals surface area contributed by atoms with Crippen molar-refractivity contribution in [2.75, 3.05) is 23.0 Å². The number of piperazine rings is 1. The van der Waals surface area contributed by atoms with Gasteiger partial charge in [-0.3, -0.25) is 9.69 Å². The van der Waals surface area contributed by atoms with E-state index in [1.807, 2.05) is 61.2 Å². The van der Waals surface area contributed by atoms with E-state index in [1.54, 1.807) is 4.90 Å². The standard InChI is InChI=1S/C21H24N2O3S/c1-15-8-16(2)10-18(9-15)23-20-14-27(25,26)13-19(20)22(12-21(23)24)11-17-6-4-3-5-7-17/h3-10,19-20H,11-14H2,1-2H3/t19-,20+/m0/s1. The number of hydrogen-bond acceptors (Lipinski definition) is 4. The Balaban J connectivity index is 1.70. The average molecular weight is 385 g/mol. The lowest BCUT2D eigenvalue weighted by Crippen LogP contribution is -2.61. The van der Waals surface area contributed by atoms with Crippen LogP contribution in [0.5, 0.6) is 0 Å². The molecule has 0 saturated carbocycles. The maximum Gasteiger partial charge on any atom is 0.241 e. The van der Waals surface area contributed by atoms with Crippen LogP contribution in [0.15, 0.2) is 48.5 Å². The van der Waals surface area contributed by atoms with E-state index in [0.717, 1.165) is 22.4 Å². The quantitative estimate of drug-likeness (QED) is 0.815. The second-order valence-electron chi connectivity index (χ2n) is 7.71. The van der Waals surface area contributed by atoms with E-state index in [4.69, 9.17) is 0 Å². The molecule has 0 bridgehead atoms. The monoisotopic (exact) mass is 384 g/mol. The van der Waals surface area contributed by atoms with Crippen LogP contribution in [0.2, 0.25) is 0 Å². The number of anilines is 1. The molecule has 2 aliphatic heterocycles. The summed E-state index contributed by atoms with van der Waals surface area (Å²) in [5, 5.41) is 0. The number of rotatable bonds is 3.